The molecule has 0 fully saturated rings. The van der Waals surface area contributed by atoms with E-state index in [9.17, 15) is 4.79 Å². The summed E-state index contributed by atoms with van der Waals surface area (Å²) in [6.45, 7) is 1.93. The molecule has 0 aliphatic rings. The Balaban J connectivity index is 1.64. The topological polar surface area (TPSA) is 64.2 Å². The molecule has 0 spiro atoms. The number of aromatic nitrogens is 3. The summed E-state index contributed by atoms with van der Waals surface area (Å²) in [6.07, 6.45) is 10.4. The molecule has 4 rings (SSSR count). The zero-order chi connectivity index (χ0) is 20.9. The molecule has 0 saturated carbocycles. The fourth-order valence-electron chi connectivity index (χ4n) is 3.14. The van der Waals surface area contributed by atoms with Gasteiger partial charge in [-0.2, -0.15) is 5.10 Å². The summed E-state index contributed by atoms with van der Waals surface area (Å²) in [6, 6.07) is 17.2. The van der Waals surface area contributed by atoms with Crippen LogP contribution >= 0.6 is 0 Å². The number of carbonyl (C=O) groups excluding carboxylic acids is 1. The predicted octanol–water partition coefficient (Wildman–Crippen LogP) is 4.76. The van der Waals surface area contributed by atoms with Crippen LogP contribution in [0.5, 0.6) is 0 Å². The first-order valence-corrected chi connectivity index (χ1v) is 9.67. The molecule has 6 heteroatoms. The van der Waals surface area contributed by atoms with Crippen LogP contribution in [0.25, 0.3) is 23.0 Å². The lowest BCUT2D eigenvalue weighted by Crippen LogP contribution is -2.27. The Kier molecular flexibility index (Phi) is 5.57. The van der Waals surface area contributed by atoms with Crippen molar-refractivity contribution in [2.75, 3.05) is 7.05 Å². The van der Waals surface area contributed by atoms with Gasteiger partial charge in [-0.05, 0) is 49.4 Å². The van der Waals surface area contributed by atoms with Crippen molar-refractivity contribution < 1.29 is 9.21 Å². The molecule has 0 N–H and O–H groups in total. The van der Waals surface area contributed by atoms with Crippen LogP contribution in [0.1, 0.15) is 24.3 Å². The number of rotatable bonds is 6. The molecule has 1 unspecified atom stereocenters. The molecule has 1 amide bonds. The minimum atomic E-state index is -0.165. The molecule has 30 heavy (non-hydrogen) atoms. The number of nitrogens with zero attached hydrogens (tertiary/aromatic N) is 4. The van der Waals surface area contributed by atoms with E-state index in [0.29, 0.717) is 0 Å². The second-order valence-electron chi connectivity index (χ2n) is 6.93. The summed E-state index contributed by atoms with van der Waals surface area (Å²) >= 11 is 0. The van der Waals surface area contributed by atoms with Crippen molar-refractivity contribution in [2.45, 2.75) is 13.0 Å². The lowest BCUT2D eigenvalue weighted by atomic mass is 10.1. The monoisotopic (exact) mass is 398 g/mol. The highest BCUT2D eigenvalue weighted by molar-refractivity contribution is 5.93. The van der Waals surface area contributed by atoms with Crippen molar-refractivity contribution in [3.8, 4) is 16.9 Å². The lowest BCUT2D eigenvalue weighted by molar-refractivity contribution is -0.126. The second-order valence-corrected chi connectivity index (χ2v) is 6.93. The minimum absolute atomic E-state index is 0.122. The number of carbonyl (C=O) groups is 1. The number of amides is 1. The van der Waals surface area contributed by atoms with Crippen LogP contribution < -0.4 is 0 Å². The van der Waals surface area contributed by atoms with Crippen LogP contribution in [-0.4, -0.2) is 32.6 Å². The van der Waals surface area contributed by atoms with Crippen LogP contribution in [0.15, 0.2) is 89.9 Å². The summed E-state index contributed by atoms with van der Waals surface area (Å²) in [5.74, 6) is 0.621. The third kappa shape index (κ3) is 4.07. The first-order valence-electron chi connectivity index (χ1n) is 9.67. The molecule has 0 aliphatic heterocycles. The summed E-state index contributed by atoms with van der Waals surface area (Å²) in [7, 11) is 1.76. The van der Waals surface area contributed by atoms with Gasteiger partial charge in [-0.25, -0.2) is 4.68 Å². The molecule has 4 aromatic rings. The molecule has 0 radical (unpaired) electrons. The van der Waals surface area contributed by atoms with E-state index in [1.54, 1.807) is 42.8 Å². The van der Waals surface area contributed by atoms with E-state index in [2.05, 4.69) is 4.98 Å². The summed E-state index contributed by atoms with van der Waals surface area (Å²) in [5.41, 5.74) is 3.42. The van der Waals surface area contributed by atoms with Gasteiger partial charge in [0.05, 0.1) is 18.0 Å². The molecule has 0 bridgehead atoms. The SMILES string of the molecule is CC(c1ccco1)N(C)C(=O)/C=C/c1cn(-c2ccccc2)nc1-c1cccnc1. The number of furan rings is 1. The number of benzene rings is 1. The van der Waals surface area contributed by atoms with Gasteiger partial charge in [0.1, 0.15) is 11.5 Å². The first-order chi connectivity index (χ1) is 14.6. The van der Waals surface area contributed by atoms with E-state index in [0.717, 1.165) is 28.3 Å². The molecule has 3 aromatic heterocycles. The van der Waals surface area contributed by atoms with E-state index in [-0.39, 0.29) is 11.9 Å². The van der Waals surface area contributed by atoms with E-state index in [4.69, 9.17) is 9.52 Å². The van der Waals surface area contributed by atoms with Gasteiger partial charge in [-0.15, -0.1) is 0 Å². The van der Waals surface area contributed by atoms with Gasteiger partial charge < -0.3 is 9.32 Å². The van der Waals surface area contributed by atoms with Crippen molar-refractivity contribution in [2.24, 2.45) is 0 Å². The minimum Gasteiger partial charge on any atom is -0.467 e. The van der Waals surface area contributed by atoms with Gasteiger partial charge in [0.15, 0.2) is 0 Å². The first kappa shape index (κ1) is 19.4. The highest BCUT2D eigenvalue weighted by atomic mass is 16.3. The quantitative estimate of drug-likeness (QED) is 0.439. The number of likely N-dealkylation sites (N-methyl/N-ethyl adjacent to an activating group) is 1. The maximum atomic E-state index is 12.7. The van der Waals surface area contributed by atoms with Crippen molar-refractivity contribution in [1.82, 2.24) is 19.7 Å². The highest BCUT2D eigenvalue weighted by Gasteiger charge is 2.18. The maximum Gasteiger partial charge on any atom is 0.246 e. The van der Waals surface area contributed by atoms with Crippen molar-refractivity contribution in [3.63, 3.8) is 0 Å². The smallest absolute Gasteiger partial charge is 0.246 e. The maximum absolute atomic E-state index is 12.7. The fraction of sp³-hybridized carbons (Fsp3) is 0.125. The normalized spacial score (nSPS) is 12.2. The third-order valence-corrected chi connectivity index (χ3v) is 4.99. The Morgan fingerprint density at radius 3 is 2.67 bits per heavy atom. The Bertz CT molecular complexity index is 1130. The summed E-state index contributed by atoms with van der Waals surface area (Å²) < 4.78 is 7.23. The zero-order valence-electron chi connectivity index (χ0n) is 16.8. The molecule has 1 atom stereocenters. The van der Waals surface area contributed by atoms with Crippen LogP contribution in [0.2, 0.25) is 0 Å². The lowest BCUT2D eigenvalue weighted by Gasteiger charge is -2.21. The Morgan fingerprint density at radius 1 is 1.13 bits per heavy atom. The zero-order valence-corrected chi connectivity index (χ0v) is 16.8. The van der Waals surface area contributed by atoms with Crippen LogP contribution in [0.4, 0.5) is 0 Å². The van der Waals surface area contributed by atoms with Crippen LogP contribution in [-0.2, 0) is 4.79 Å². The van der Waals surface area contributed by atoms with E-state index in [1.807, 2.05) is 72.4 Å². The Hall–Kier alpha value is -3.93. The van der Waals surface area contributed by atoms with Crippen LogP contribution in [0.3, 0.4) is 0 Å². The molecule has 1 aromatic carbocycles. The van der Waals surface area contributed by atoms with Gasteiger partial charge >= 0.3 is 0 Å². The van der Waals surface area contributed by atoms with Crippen molar-refractivity contribution in [3.05, 3.63) is 96.9 Å². The Morgan fingerprint density at radius 2 is 1.97 bits per heavy atom. The molecule has 6 nitrogen and oxygen atoms in total. The summed E-state index contributed by atoms with van der Waals surface area (Å²) in [4.78, 5) is 18.6. The van der Waals surface area contributed by atoms with E-state index in [1.165, 1.54) is 0 Å². The second kappa shape index (κ2) is 8.61. The molecule has 150 valence electrons. The number of hydrogen-bond donors (Lipinski definition) is 0. The van der Waals surface area contributed by atoms with Gasteiger partial charge in [0, 0.05) is 42.8 Å². The van der Waals surface area contributed by atoms with Crippen molar-refractivity contribution >= 4 is 12.0 Å². The Labute approximate surface area is 175 Å². The average molecular weight is 398 g/mol. The highest BCUT2D eigenvalue weighted by Crippen LogP contribution is 2.25. The van der Waals surface area contributed by atoms with Crippen molar-refractivity contribution in [1.29, 1.82) is 0 Å². The molecular formula is C24H22N4O2. The molecule has 0 aliphatic carbocycles. The number of pyridine rings is 1. The molecule has 0 saturated heterocycles. The standard InChI is InChI=1S/C24H22N4O2/c1-18(22-11-7-15-30-22)27(2)23(29)13-12-20-17-28(21-9-4-3-5-10-21)26-24(20)19-8-6-14-25-16-19/h3-18H,1-2H3/b13-12+. The van der Waals surface area contributed by atoms with Gasteiger partial charge in [0.2, 0.25) is 5.91 Å². The third-order valence-electron chi connectivity index (χ3n) is 4.99. The van der Waals surface area contributed by atoms with Gasteiger partial charge in [0.25, 0.3) is 0 Å². The van der Waals surface area contributed by atoms with Gasteiger partial charge in [-0.1, -0.05) is 18.2 Å². The number of para-hydroxylation sites is 1. The van der Waals surface area contributed by atoms with E-state index < -0.39 is 0 Å². The van der Waals surface area contributed by atoms with Crippen LogP contribution in [0, 0.1) is 0 Å². The average Bonchev–Trinajstić information content (AvgIpc) is 3.48. The molecular weight excluding hydrogens is 376 g/mol. The predicted molar refractivity (Wildman–Crippen MR) is 116 cm³/mol. The van der Waals surface area contributed by atoms with E-state index >= 15 is 0 Å². The molecule has 3 heterocycles. The largest absolute Gasteiger partial charge is 0.467 e. The van der Waals surface area contributed by atoms with Gasteiger partial charge in [-0.3, -0.25) is 9.78 Å². The summed E-state index contributed by atoms with van der Waals surface area (Å²) in [5, 5.41) is 4.73. The number of hydrogen-bond acceptors (Lipinski definition) is 4. The fourth-order valence-corrected chi connectivity index (χ4v) is 3.14.